The number of hydrogen-bond donors (Lipinski definition) is 0. The van der Waals surface area contributed by atoms with Crippen molar-refractivity contribution in [1.82, 2.24) is 15.0 Å². The summed E-state index contributed by atoms with van der Waals surface area (Å²) in [5.74, 6) is 2.32. The highest BCUT2D eigenvalue weighted by Gasteiger charge is 2.33. The second-order valence-electron chi connectivity index (χ2n) is 7.39. The molecule has 1 atom stereocenters. The number of rotatable bonds is 8. The lowest BCUT2D eigenvalue weighted by Crippen LogP contribution is -2.26. The molecule has 0 radical (unpaired) electrons. The Morgan fingerprint density at radius 3 is 2.53 bits per heavy atom. The number of nitrogens with zero attached hydrogens (tertiary/aromatic N) is 3. The highest BCUT2D eigenvalue weighted by Crippen LogP contribution is 2.31. The second-order valence-corrected chi connectivity index (χ2v) is 7.39. The first-order valence-electron chi connectivity index (χ1n) is 10.0. The number of ether oxygens (including phenoxy) is 2. The van der Waals surface area contributed by atoms with E-state index in [0.717, 1.165) is 19.4 Å². The minimum absolute atomic E-state index is 0.0563. The van der Waals surface area contributed by atoms with Crippen molar-refractivity contribution in [2.24, 2.45) is 0 Å². The molecule has 30 heavy (non-hydrogen) atoms. The van der Waals surface area contributed by atoms with Crippen molar-refractivity contribution in [3.05, 3.63) is 59.9 Å². The van der Waals surface area contributed by atoms with Crippen LogP contribution in [0.1, 0.15) is 30.1 Å². The molecule has 0 spiro atoms. The highest BCUT2D eigenvalue weighted by molar-refractivity contribution is 5.79. The molecule has 1 saturated heterocycles. The molecule has 4 rings (SSSR count). The summed E-state index contributed by atoms with van der Waals surface area (Å²) in [4.78, 5) is 18.9. The van der Waals surface area contributed by atoms with Gasteiger partial charge in [-0.2, -0.15) is 4.98 Å². The topological polar surface area (TPSA) is 77.7 Å². The van der Waals surface area contributed by atoms with Gasteiger partial charge in [0.15, 0.2) is 5.82 Å². The Hall–Kier alpha value is -3.35. The maximum atomic E-state index is 12.5. The van der Waals surface area contributed by atoms with Gasteiger partial charge in [0.1, 0.15) is 11.5 Å². The van der Waals surface area contributed by atoms with Gasteiger partial charge in [0, 0.05) is 37.1 Å². The van der Waals surface area contributed by atoms with Crippen LogP contribution in [0.15, 0.2) is 53.1 Å². The minimum atomic E-state index is -0.0563. The van der Waals surface area contributed by atoms with Crippen molar-refractivity contribution >= 4 is 5.91 Å². The largest absolute Gasteiger partial charge is 0.497 e. The van der Waals surface area contributed by atoms with Crippen molar-refractivity contribution < 1.29 is 18.8 Å². The SMILES string of the molecule is COc1cc(OC)cc(-c2nc(C3CC(=O)N(CCCc4ccccc4)C3)no2)c1. The van der Waals surface area contributed by atoms with Gasteiger partial charge in [-0.05, 0) is 30.5 Å². The van der Waals surface area contributed by atoms with E-state index in [1.54, 1.807) is 20.3 Å². The fourth-order valence-corrected chi connectivity index (χ4v) is 3.73. The Morgan fingerprint density at radius 1 is 1.10 bits per heavy atom. The van der Waals surface area contributed by atoms with E-state index in [9.17, 15) is 4.79 Å². The maximum Gasteiger partial charge on any atom is 0.258 e. The molecule has 0 N–H and O–H groups in total. The maximum absolute atomic E-state index is 12.5. The number of carbonyl (C=O) groups excluding carboxylic acids is 1. The third-order valence-corrected chi connectivity index (χ3v) is 5.36. The first-order valence-corrected chi connectivity index (χ1v) is 10.0. The Bertz CT molecular complexity index is 980. The molecular weight excluding hydrogens is 382 g/mol. The summed E-state index contributed by atoms with van der Waals surface area (Å²) in [6.45, 7) is 1.36. The number of aromatic nitrogens is 2. The van der Waals surface area contributed by atoms with Crippen LogP contribution in [0.3, 0.4) is 0 Å². The number of hydrogen-bond acceptors (Lipinski definition) is 6. The lowest BCUT2D eigenvalue weighted by atomic mass is 10.1. The summed E-state index contributed by atoms with van der Waals surface area (Å²) in [6, 6.07) is 15.7. The molecule has 7 nitrogen and oxygen atoms in total. The van der Waals surface area contributed by atoms with Gasteiger partial charge >= 0.3 is 0 Å². The molecule has 1 aromatic heterocycles. The van der Waals surface area contributed by atoms with Crippen LogP contribution < -0.4 is 9.47 Å². The molecule has 0 aliphatic carbocycles. The van der Waals surface area contributed by atoms with E-state index in [4.69, 9.17) is 14.0 Å². The smallest absolute Gasteiger partial charge is 0.258 e. The molecule has 1 fully saturated rings. The fraction of sp³-hybridized carbons (Fsp3) is 0.348. The number of likely N-dealkylation sites (tertiary alicyclic amines) is 1. The van der Waals surface area contributed by atoms with Gasteiger partial charge < -0.3 is 18.9 Å². The van der Waals surface area contributed by atoms with Crippen LogP contribution in [0.2, 0.25) is 0 Å². The molecule has 3 aromatic rings. The van der Waals surface area contributed by atoms with Crippen LogP contribution >= 0.6 is 0 Å². The average Bonchev–Trinajstić information content (AvgIpc) is 3.41. The van der Waals surface area contributed by atoms with Gasteiger partial charge in [0.2, 0.25) is 5.91 Å². The van der Waals surface area contributed by atoms with Crippen LogP contribution in [0, 0.1) is 0 Å². The Kier molecular flexibility index (Phi) is 5.97. The van der Waals surface area contributed by atoms with E-state index in [-0.39, 0.29) is 11.8 Å². The summed E-state index contributed by atoms with van der Waals surface area (Å²) >= 11 is 0. The Balaban J connectivity index is 1.40. The Labute approximate surface area is 175 Å². The molecule has 7 heteroatoms. The van der Waals surface area contributed by atoms with Crippen LogP contribution in [0.4, 0.5) is 0 Å². The molecule has 0 bridgehead atoms. The minimum Gasteiger partial charge on any atom is -0.497 e. The third kappa shape index (κ3) is 4.45. The van der Waals surface area contributed by atoms with E-state index in [2.05, 4.69) is 22.3 Å². The van der Waals surface area contributed by atoms with E-state index in [0.29, 0.717) is 41.7 Å². The van der Waals surface area contributed by atoms with Crippen molar-refractivity contribution in [1.29, 1.82) is 0 Å². The highest BCUT2D eigenvalue weighted by atomic mass is 16.5. The first-order chi connectivity index (χ1) is 14.7. The molecule has 0 saturated carbocycles. The van der Waals surface area contributed by atoms with Crippen molar-refractivity contribution in [2.45, 2.75) is 25.2 Å². The fourth-order valence-electron chi connectivity index (χ4n) is 3.73. The normalized spacial score (nSPS) is 16.1. The Morgan fingerprint density at radius 2 is 1.83 bits per heavy atom. The molecule has 1 unspecified atom stereocenters. The number of amides is 1. The summed E-state index contributed by atoms with van der Waals surface area (Å²) in [7, 11) is 3.18. The van der Waals surface area contributed by atoms with Crippen LogP contribution in [-0.2, 0) is 11.2 Å². The van der Waals surface area contributed by atoms with Gasteiger partial charge in [-0.3, -0.25) is 4.79 Å². The van der Waals surface area contributed by atoms with E-state index >= 15 is 0 Å². The van der Waals surface area contributed by atoms with Crippen LogP contribution in [0.25, 0.3) is 11.5 Å². The van der Waals surface area contributed by atoms with Gasteiger partial charge in [0.05, 0.1) is 14.2 Å². The van der Waals surface area contributed by atoms with E-state index in [1.807, 2.05) is 35.2 Å². The zero-order valence-electron chi connectivity index (χ0n) is 17.2. The summed E-state index contributed by atoms with van der Waals surface area (Å²) in [6.07, 6.45) is 2.30. The van der Waals surface area contributed by atoms with Crippen molar-refractivity contribution in [3.8, 4) is 23.0 Å². The van der Waals surface area contributed by atoms with E-state index in [1.165, 1.54) is 5.56 Å². The number of benzene rings is 2. The van der Waals surface area contributed by atoms with Gasteiger partial charge in [0.25, 0.3) is 5.89 Å². The monoisotopic (exact) mass is 407 g/mol. The molecule has 156 valence electrons. The van der Waals surface area contributed by atoms with Gasteiger partial charge in [-0.1, -0.05) is 35.5 Å². The average molecular weight is 407 g/mol. The quantitative estimate of drug-likeness (QED) is 0.567. The molecule has 2 aromatic carbocycles. The van der Waals surface area contributed by atoms with Crippen LogP contribution in [-0.4, -0.2) is 48.3 Å². The van der Waals surface area contributed by atoms with Gasteiger partial charge in [-0.15, -0.1) is 0 Å². The van der Waals surface area contributed by atoms with E-state index < -0.39 is 0 Å². The zero-order valence-corrected chi connectivity index (χ0v) is 17.2. The lowest BCUT2D eigenvalue weighted by Gasteiger charge is -2.15. The standard InChI is InChI=1S/C23H25N3O4/c1-28-19-11-17(12-20(14-19)29-2)23-24-22(25-30-23)18-13-21(27)26(15-18)10-6-9-16-7-4-3-5-8-16/h3-5,7-8,11-12,14,18H,6,9-10,13,15H2,1-2H3. The predicted molar refractivity (Wildman–Crippen MR) is 112 cm³/mol. The van der Waals surface area contributed by atoms with Crippen molar-refractivity contribution in [3.63, 3.8) is 0 Å². The number of methoxy groups -OCH3 is 2. The van der Waals surface area contributed by atoms with Crippen LogP contribution in [0.5, 0.6) is 11.5 Å². The summed E-state index contributed by atoms with van der Waals surface area (Å²) in [5.41, 5.74) is 2.01. The predicted octanol–water partition coefficient (Wildman–Crippen LogP) is 3.70. The molecule has 2 heterocycles. The molecular formula is C23H25N3O4. The number of carbonyl (C=O) groups is 1. The molecule has 1 aliphatic heterocycles. The summed E-state index contributed by atoms with van der Waals surface area (Å²) in [5, 5.41) is 4.14. The lowest BCUT2D eigenvalue weighted by molar-refractivity contribution is -0.127. The first kappa shape index (κ1) is 19.9. The zero-order chi connectivity index (χ0) is 20.9. The third-order valence-electron chi connectivity index (χ3n) is 5.36. The second kappa shape index (κ2) is 8.98. The molecule has 1 amide bonds. The van der Waals surface area contributed by atoms with Gasteiger partial charge in [-0.25, -0.2) is 0 Å². The number of aryl methyl sites for hydroxylation is 1. The molecule has 1 aliphatic rings. The van der Waals surface area contributed by atoms with Crippen molar-refractivity contribution in [2.75, 3.05) is 27.3 Å². The summed E-state index contributed by atoms with van der Waals surface area (Å²) < 4.78 is 16.1.